The van der Waals surface area contributed by atoms with Crippen molar-refractivity contribution in [2.45, 2.75) is 51.4 Å². The summed E-state index contributed by atoms with van der Waals surface area (Å²) in [5.41, 5.74) is 1.23. The van der Waals surface area contributed by atoms with Crippen molar-refractivity contribution < 1.29 is 8.42 Å². The SMILES string of the molecule is CC(CNS(=O)(=O)C(C)C)c1ccc(C2(C(C)C)N=NN=N2)cc1. The first kappa shape index (κ1) is 18.7. The molecule has 1 aromatic rings. The van der Waals surface area contributed by atoms with Crippen LogP contribution >= 0.6 is 0 Å². The van der Waals surface area contributed by atoms with Gasteiger partial charge in [0.15, 0.2) is 0 Å². The van der Waals surface area contributed by atoms with Gasteiger partial charge in [0.05, 0.1) is 5.25 Å². The molecule has 24 heavy (non-hydrogen) atoms. The van der Waals surface area contributed by atoms with E-state index in [0.29, 0.717) is 6.54 Å². The zero-order valence-electron chi connectivity index (χ0n) is 14.8. The number of hydrogen-bond donors (Lipinski definition) is 1. The Hall–Kier alpha value is -1.67. The molecule has 0 aromatic heterocycles. The minimum Gasteiger partial charge on any atom is -0.214 e. The van der Waals surface area contributed by atoms with Gasteiger partial charge in [-0.2, -0.15) is 0 Å². The first-order valence-corrected chi connectivity index (χ1v) is 9.66. The first-order valence-electron chi connectivity index (χ1n) is 8.12. The van der Waals surface area contributed by atoms with Crippen LogP contribution in [0.3, 0.4) is 0 Å². The van der Waals surface area contributed by atoms with E-state index in [9.17, 15) is 8.42 Å². The maximum Gasteiger partial charge on any atom is 0.222 e. The van der Waals surface area contributed by atoms with Crippen LogP contribution < -0.4 is 4.72 Å². The lowest BCUT2D eigenvalue weighted by Gasteiger charge is -2.24. The normalized spacial score (nSPS) is 17.8. The van der Waals surface area contributed by atoms with Crippen molar-refractivity contribution >= 4 is 10.0 Å². The fourth-order valence-electron chi connectivity index (χ4n) is 2.46. The van der Waals surface area contributed by atoms with Crippen molar-refractivity contribution in [1.29, 1.82) is 0 Å². The zero-order valence-corrected chi connectivity index (χ0v) is 15.6. The highest BCUT2D eigenvalue weighted by Gasteiger charge is 2.39. The molecule has 1 aliphatic heterocycles. The molecule has 1 aromatic carbocycles. The van der Waals surface area contributed by atoms with Gasteiger partial charge < -0.3 is 0 Å². The van der Waals surface area contributed by atoms with E-state index < -0.39 is 20.9 Å². The Morgan fingerprint density at radius 3 is 2.00 bits per heavy atom. The maximum atomic E-state index is 11.9. The van der Waals surface area contributed by atoms with Crippen molar-refractivity contribution in [3.63, 3.8) is 0 Å². The van der Waals surface area contributed by atoms with Crippen LogP contribution in [0.5, 0.6) is 0 Å². The van der Waals surface area contributed by atoms with Gasteiger partial charge in [-0.05, 0) is 35.8 Å². The second-order valence-electron chi connectivity index (χ2n) is 6.73. The molecule has 132 valence electrons. The van der Waals surface area contributed by atoms with E-state index in [2.05, 4.69) is 25.4 Å². The molecule has 0 bridgehead atoms. The van der Waals surface area contributed by atoms with Crippen molar-refractivity contribution in [1.82, 2.24) is 4.72 Å². The van der Waals surface area contributed by atoms with Gasteiger partial charge in [-0.1, -0.05) is 45.0 Å². The van der Waals surface area contributed by atoms with Crippen LogP contribution in [-0.4, -0.2) is 20.2 Å². The summed E-state index contributed by atoms with van der Waals surface area (Å²) in [5.74, 6) is 0.197. The van der Waals surface area contributed by atoms with E-state index in [1.807, 2.05) is 45.0 Å². The molecular formula is C16H25N5O2S. The summed E-state index contributed by atoms with van der Waals surface area (Å²) >= 11 is 0. The maximum absolute atomic E-state index is 11.9. The highest BCUT2D eigenvalue weighted by molar-refractivity contribution is 7.90. The molecule has 0 saturated carbocycles. The monoisotopic (exact) mass is 351 g/mol. The van der Waals surface area contributed by atoms with E-state index >= 15 is 0 Å². The second kappa shape index (κ2) is 7.06. The van der Waals surface area contributed by atoms with E-state index in [4.69, 9.17) is 0 Å². The molecule has 0 radical (unpaired) electrons. The van der Waals surface area contributed by atoms with E-state index in [0.717, 1.165) is 11.1 Å². The lowest BCUT2D eigenvalue weighted by atomic mass is 9.88. The third-order valence-electron chi connectivity index (χ3n) is 4.36. The summed E-state index contributed by atoms with van der Waals surface area (Å²) in [4.78, 5) is 0. The summed E-state index contributed by atoms with van der Waals surface area (Å²) in [5, 5.41) is 15.3. The number of rotatable bonds is 7. The highest BCUT2D eigenvalue weighted by Crippen LogP contribution is 2.39. The van der Waals surface area contributed by atoms with Crippen molar-refractivity contribution in [2.75, 3.05) is 6.54 Å². The zero-order chi connectivity index (χ0) is 18.0. The lowest BCUT2D eigenvalue weighted by molar-refractivity contribution is 0.330. The number of nitrogens with one attached hydrogen (secondary N) is 1. The van der Waals surface area contributed by atoms with Gasteiger partial charge in [0.1, 0.15) is 0 Å². The summed E-state index contributed by atoms with van der Waals surface area (Å²) in [6, 6.07) is 7.90. The van der Waals surface area contributed by atoms with Crippen molar-refractivity contribution in [2.24, 2.45) is 26.6 Å². The number of hydrogen-bond acceptors (Lipinski definition) is 6. The molecule has 0 spiro atoms. The van der Waals surface area contributed by atoms with Gasteiger partial charge in [-0.3, -0.25) is 0 Å². The van der Waals surface area contributed by atoms with Crippen LogP contribution in [0.25, 0.3) is 0 Å². The van der Waals surface area contributed by atoms with Crippen LogP contribution in [-0.2, 0) is 15.7 Å². The van der Waals surface area contributed by atoms with Crippen LogP contribution in [0.4, 0.5) is 0 Å². The Bertz CT molecular complexity index is 711. The summed E-state index contributed by atoms with van der Waals surface area (Å²) in [6.07, 6.45) is 0. The van der Waals surface area contributed by atoms with Gasteiger partial charge >= 0.3 is 0 Å². The Morgan fingerprint density at radius 2 is 1.54 bits per heavy atom. The molecule has 1 unspecified atom stereocenters. The van der Waals surface area contributed by atoms with E-state index in [-0.39, 0.29) is 11.8 Å². The molecule has 1 heterocycles. The quantitative estimate of drug-likeness (QED) is 0.809. The van der Waals surface area contributed by atoms with Crippen LogP contribution in [0, 0.1) is 5.92 Å². The lowest BCUT2D eigenvalue weighted by Crippen LogP contribution is -2.33. The fraction of sp³-hybridized carbons (Fsp3) is 0.625. The largest absolute Gasteiger partial charge is 0.222 e. The Labute approximate surface area is 143 Å². The summed E-state index contributed by atoms with van der Waals surface area (Å²) < 4.78 is 26.4. The molecule has 1 N–H and O–H groups in total. The van der Waals surface area contributed by atoms with Gasteiger partial charge in [0, 0.05) is 18.0 Å². The average Bonchev–Trinajstić information content (AvgIpc) is 3.04. The van der Waals surface area contributed by atoms with Crippen molar-refractivity contribution in [3.05, 3.63) is 35.4 Å². The standard InChI is InChI=1S/C16H25N5O2S/c1-11(2)16(18-20-21-19-16)15-8-6-14(7-9-15)13(5)10-17-24(22,23)12(3)4/h6-9,11-13,17H,10H2,1-5H3. The molecule has 0 amide bonds. The number of nitrogens with zero attached hydrogens (tertiary/aromatic N) is 4. The minimum absolute atomic E-state index is 0.0643. The van der Waals surface area contributed by atoms with Gasteiger partial charge in [-0.25, -0.2) is 13.1 Å². The Balaban J connectivity index is 2.12. The first-order chi connectivity index (χ1) is 11.2. The van der Waals surface area contributed by atoms with Crippen LogP contribution in [0.2, 0.25) is 0 Å². The van der Waals surface area contributed by atoms with Gasteiger partial charge in [-0.15, -0.1) is 10.2 Å². The Kier molecular flexibility index (Phi) is 5.49. The van der Waals surface area contributed by atoms with Crippen LogP contribution in [0.15, 0.2) is 44.9 Å². The highest BCUT2D eigenvalue weighted by atomic mass is 32.2. The molecule has 8 heteroatoms. The summed E-state index contributed by atoms with van der Waals surface area (Å²) in [6.45, 7) is 9.75. The molecule has 0 aliphatic carbocycles. The van der Waals surface area contributed by atoms with E-state index in [1.165, 1.54) is 0 Å². The predicted octanol–water partition coefficient (Wildman–Crippen LogP) is 3.76. The minimum atomic E-state index is -3.25. The summed E-state index contributed by atoms with van der Waals surface area (Å²) in [7, 11) is -3.25. The molecule has 7 nitrogen and oxygen atoms in total. The second-order valence-corrected chi connectivity index (χ2v) is 9.05. The number of benzene rings is 1. The smallest absolute Gasteiger partial charge is 0.214 e. The average molecular weight is 351 g/mol. The Morgan fingerprint density at radius 1 is 1.00 bits per heavy atom. The number of sulfonamides is 1. The third kappa shape index (κ3) is 3.70. The van der Waals surface area contributed by atoms with E-state index in [1.54, 1.807) is 13.8 Å². The molecular weight excluding hydrogens is 326 g/mol. The van der Waals surface area contributed by atoms with Crippen molar-refractivity contribution in [3.8, 4) is 0 Å². The van der Waals surface area contributed by atoms with Gasteiger partial charge in [0.25, 0.3) is 0 Å². The predicted molar refractivity (Wildman–Crippen MR) is 93.1 cm³/mol. The molecule has 2 rings (SSSR count). The molecule has 0 saturated heterocycles. The van der Waals surface area contributed by atoms with Crippen LogP contribution in [0.1, 0.15) is 51.7 Å². The molecule has 1 atom stereocenters. The third-order valence-corrected chi connectivity index (χ3v) is 6.17. The molecule has 1 aliphatic rings. The fourth-order valence-corrected chi connectivity index (χ4v) is 3.27. The van der Waals surface area contributed by atoms with Gasteiger partial charge in [0.2, 0.25) is 15.7 Å². The molecule has 0 fully saturated rings. The topological polar surface area (TPSA) is 95.6 Å².